The molecule has 0 aliphatic carbocycles. The van der Waals surface area contributed by atoms with Crippen molar-refractivity contribution in [3.63, 3.8) is 0 Å². The molecule has 8 heteroatoms. The first-order valence-electron chi connectivity index (χ1n) is 9.62. The summed E-state index contributed by atoms with van der Waals surface area (Å²) in [4.78, 5) is 27.2. The van der Waals surface area contributed by atoms with Gasteiger partial charge in [0.2, 0.25) is 11.7 Å². The first-order valence-corrected chi connectivity index (χ1v) is 10.4. The van der Waals surface area contributed by atoms with Crippen molar-refractivity contribution in [2.45, 2.75) is 12.8 Å². The van der Waals surface area contributed by atoms with Gasteiger partial charge in [-0.1, -0.05) is 15.9 Å². The maximum absolute atomic E-state index is 12.8. The predicted molar refractivity (Wildman–Crippen MR) is 117 cm³/mol. The Morgan fingerprint density at radius 2 is 1.53 bits per heavy atom. The van der Waals surface area contributed by atoms with Crippen molar-refractivity contribution < 1.29 is 23.8 Å². The molecule has 0 saturated carbocycles. The number of ether oxygens (including phenoxy) is 3. The first-order chi connectivity index (χ1) is 14.5. The molecule has 1 aliphatic heterocycles. The number of benzene rings is 2. The monoisotopic (exact) mass is 476 g/mol. The van der Waals surface area contributed by atoms with Crippen molar-refractivity contribution >= 4 is 33.4 Å². The van der Waals surface area contributed by atoms with Crippen LogP contribution in [0.25, 0.3) is 0 Å². The van der Waals surface area contributed by atoms with Crippen molar-refractivity contribution in [1.29, 1.82) is 0 Å². The SMILES string of the molecule is COc1cc(NC(=O)C2CCN(C(=O)c3ccc(Br)cc3)CC2)cc(OC)c1OC. The number of carbonyl (C=O) groups excluding carboxylic acids is 2. The van der Waals surface area contributed by atoms with Gasteiger partial charge in [-0.05, 0) is 37.1 Å². The van der Waals surface area contributed by atoms with Crippen molar-refractivity contribution in [2.75, 3.05) is 39.7 Å². The number of nitrogens with zero attached hydrogens (tertiary/aromatic N) is 1. The van der Waals surface area contributed by atoms with E-state index in [1.165, 1.54) is 21.3 Å². The molecule has 1 N–H and O–H groups in total. The van der Waals surface area contributed by atoms with Crippen molar-refractivity contribution in [3.8, 4) is 17.2 Å². The van der Waals surface area contributed by atoms with Gasteiger partial charge in [-0.3, -0.25) is 9.59 Å². The summed E-state index contributed by atoms with van der Waals surface area (Å²) in [6.45, 7) is 1.09. The van der Waals surface area contributed by atoms with Gasteiger partial charge in [0, 0.05) is 46.9 Å². The summed E-state index contributed by atoms with van der Waals surface area (Å²) in [7, 11) is 4.59. The second-order valence-corrected chi connectivity index (χ2v) is 7.89. The van der Waals surface area contributed by atoms with E-state index in [0.717, 1.165) is 4.47 Å². The highest BCUT2D eigenvalue weighted by Crippen LogP contribution is 2.40. The van der Waals surface area contributed by atoms with Crippen LogP contribution in [-0.4, -0.2) is 51.1 Å². The van der Waals surface area contributed by atoms with Crippen LogP contribution in [0.3, 0.4) is 0 Å². The summed E-state index contributed by atoms with van der Waals surface area (Å²) in [6, 6.07) is 10.7. The minimum absolute atomic E-state index is 0.00835. The second-order valence-electron chi connectivity index (χ2n) is 6.98. The van der Waals surface area contributed by atoms with E-state index in [9.17, 15) is 9.59 Å². The third-order valence-corrected chi connectivity index (χ3v) is 5.71. The molecule has 160 valence electrons. The van der Waals surface area contributed by atoms with Gasteiger partial charge in [-0.25, -0.2) is 0 Å². The maximum atomic E-state index is 12.8. The molecule has 1 heterocycles. The molecule has 1 saturated heterocycles. The minimum atomic E-state index is -0.168. The van der Waals surface area contributed by atoms with Crippen LogP contribution in [-0.2, 0) is 4.79 Å². The van der Waals surface area contributed by atoms with Crippen LogP contribution in [0, 0.1) is 5.92 Å². The number of halogens is 1. The van der Waals surface area contributed by atoms with Crippen molar-refractivity contribution in [3.05, 3.63) is 46.4 Å². The Balaban J connectivity index is 1.62. The van der Waals surface area contributed by atoms with Crippen LogP contribution < -0.4 is 19.5 Å². The fourth-order valence-corrected chi connectivity index (χ4v) is 3.78. The van der Waals surface area contributed by atoms with Crippen LogP contribution in [0.15, 0.2) is 40.9 Å². The van der Waals surface area contributed by atoms with Crippen LogP contribution in [0.5, 0.6) is 17.2 Å². The highest BCUT2D eigenvalue weighted by Gasteiger charge is 2.28. The predicted octanol–water partition coefficient (Wildman–Crippen LogP) is 3.97. The summed E-state index contributed by atoms with van der Waals surface area (Å²) >= 11 is 3.38. The zero-order chi connectivity index (χ0) is 21.7. The molecule has 0 radical (unpaired) electrons. The Hall–Kier alpha value is -2.74. The molecule has 2 aromatic rings. The molecule has 2 aromatic carbocycles. The van der Waals surface area contributed by atoms with Crippen LogP contribution in [0.4, 0.5) is 5.69 Å². The topological polar surface area (TPSA) is 77.1 Å². The summed E-state index contributed by atoms with van der Waals surface area (Å²) in [5.74, 6) is 1.16. The van der Waals surface area contributed by atoms with E-state index in [1.54, 1.807) is 29.2 Å². The molecular weight excluding hydrogens is 452 g/mol. The standard InChI is InChI=1S/C22H25BrN2O5/c1-28-18-12-17(13-19(29-2)20(18)30-3)24-21(26)14-8-10-25(11-9-14)22(27)15-4-6-16(23)7-5-15/h4-7,12-14H,8-11H2,1-3H3,(H,24,26). The molecule has 0 unspecified atom stereocenters. The van der Waals surface area contributed by atoms with E-state index in [1.807, 2.05) is 12.1 Å². The number of anilines is 1. The molecular formula is C22H25BrN2O5. The highest BCUT2D eigenvalue weighted by molar-refractivity contribution is 9.10. The zero-order valence-electron chi connectivity index (χ0n) is 17.2. The van der Waals surface area contributed by atoms with Gasteiger partial charge in [0.1, 0.15) is 0 Å². The van der Waals surface area contributed by atoms with E-state index < -0.39 is 0 Å². The lowest BCUT2D eigenvalue weighted by Gasteiger charge is -2.31. The largest absolute Gasteiger partial charge is 0.493 e. The van der Waals surface area contributed by atoms with Gasteiger partial charge in [0.25, 0.3) is 5.91 Å². The van der Waals surface area contributed by atoms with Crippen LogP contribution >= 0.6 is 15.9 Å². The average Bonchev–Trinajstić information content (AvgIpc) is 2.78. The van der Waals surface area contributed by atoms with Gasteiger partial charge in [-0.2, -0.15) is 0 Å². The van der Waals surface area contributed by atoms with Crippen molar-refractivity contribution in [1.82, 2.24) is 4.90 Å². The fraction of sp³-hybridized carbons (Fsp3) is 0.364. The lowest BCUT2D eigenvalue weighted by atomic mass is 9.95. The Morgan fingerprint density at radius 3 is 2.03 bits per heavy atom. The molecule has 0 spiro atoms. The maximum Gasteiger partial charge on any atom is 0.253 e. The minimum Gasteiger partial charge on any atom is -0.493 e. The van der Waals surface area contributed by atoms with Crippen molar-refractivity contribution in [2.24, 2.45) is 5.92 Å². The van der Waals surface area contributed by atoms with Gasteiger partial charge in [0.05, 0.1) is 21.3 Å². The molecule has 7 nitrogen and oxygen atoms in total. The molecule has 3 rings (SSSR count). The molecule has 0 bridgehead atoms. The van der Waals surface area contributed by atoms with E-state index in [2.05, 4.69) is 21.2 Å². The number of rotatable bonds is 6. The second kappa shape index (κ2) is 9.84. The number of amides is 2. The molecule has 0 atom stereocenters. The Morgan fingerprint density at radius 1 is 0.967 bits per heavy atom. The Bertz CT molecular complexity index is 883. The molecule has 1 aliphatic rings. The molecule has 1 fully saturated rings. The molecule has 0 aromatic heterocycles. The van der Waals surface area contributed by atoms with Gasteiger partial charge in [-0.15, -0.1) is 0 Å². The average molecular weight is 477 g/mol. The van der Waals surface area contributed by atoms with E-state index in [0.29, 0.717) is 54.4 Å². The van der Waals surface area contributed by atoms with E-state index >= 15 is 0 Å². The number of likely N-dealkylation sites (tertiary alicyclic amines) is 1. The summed E-state index contributed by atoms with van der Waals surface area (Å²) < 4.78 is 16.9. The van der Waals surface area contributed by atoms with Gasteiger partial charge >= 0.3 is 0 Å². The lowest BCUT2D eigenvalue weighted by Crippen LogP contribution is -2.41. The summed E-state index contributed by atoms with van der Waals surface area (Å²) in [6.07, 6.45) is 1.22. The number of methoxy groups -OCH3 is 3. The third kappa shape index (κ3) is 4.87. The molecule has 30 heavy (non-hydrogen) atoms. The van der Waals surface area contributed by atoms with Gasteiger partial charge < -0.3 is 24.4 Å². The highest BCUT2D eigenvalue weighted by atomic mass is 79.9. The number of carbonyl (C=O) groups is 2. The number of piperidine rings is 1. The fourth-order valence-electron chi connectivity index (χ4n) is 3.52. The smallest absolute Gasteiger partial charge is 0.253 e. The van der Waals surface area contributed by atoms with E-state index in [4.69, 9.17) is 14.2 Å². The number of nitrogens with one attached hydrogen (secondary N) is 1. The van der Waals surface area contributed by atoms with Gasteiger partial charge in [0.15, 0.2) is 11.5 Å². The number of hydrogen-bond acceptors (Lipinski definition) is 5. The summed E-state index contributed by atoms with van der Waals surface area (Å²) in [5.41, 5.74) is 1.22. The third-order valence-electron chi connectivity index (χ3n) is 5.18. The quantitative estimate of drug-likeness (QED) is 0.682. The molecule has 2 amide bonds. The van der Waals surface area contributed by atoms with Crippen LogP contribution in [0.1, 0.15) is 23.2 Å². The Labute approximate surface area is 184 Å². The zero-order valence-corrected chi connectivity index (χ0v) is 18.8. The summed E-state index contributed by atoms with van der Waals surface area (Å²) in [5, 5.41) is 2.93. The lowest BCUT2D eigenvalue weighted by molar-refractivity contribution is -0.121. The van der Waals surface area contributed by atoms with Crippen LogP contribution in [0.2, 0.25) is 0 Å². The Kier molecular flexibility index (Phi) is 7.20. The normalized spacial score (nSPS) is 14.2. The van der Waals surface area contributed by atoms with E-state index in [-0.39, 0.29) is 17.7 Å². The number of hydrogen-bond donors (Lipinski definition) is 1. The first kappa shape index (κ1) is 22.0.